The Kier molecular flexibility index (Phi) is 5.79. The molecule has 5 nitrogen and oxygen atoms in total. The minimum atomic E-state index is -1.26. The zero-order valence-electron chi connectivity index (χ0n) is 12.0. The fourth-order valence-electron chi connectivity index (χ4n) is 3.15. The molecule has 0 aliphatic heterocycles. The lowest BCUT2D eigenvalue weighted by Gasteiger charge is -2.35. The van der Waals surface area contributed by atoms with E-state index in [4.69, 9.17) is 9.47 Å². The SMILES string of the molecule is COC(=O)C(CC(C)CO)(C(=O)OC)C1CCCC1. The Labute approximate surface area is 114 Å². The standard InChI is InChI=1S/C14H24O5/c1-10(9-15)8-14(12(16)18-2,13(17)19-3)11-6-4-5-7-11/h10-11,15H,4-9H2,1-3H3. The van der Waals surface area contributed by atoms with Crippen molar-refractivity contribution in [3.63, 3.8) is 0 Å². The first-order chi connectivity index (χ1) is 9.02. The predicted octanol–water partition coefficient (Wildman–Crippen LogP) is 1.53. The van der Waals surface area contributed by atoms with Gasteiger partial charge in [-0.05, 0) is 31.1 Å². The average molecular weight is 272 g/mol. The van der Waals surface area contributed by atoms with Gasteiger partial charge in [0, 0.05) is 6.61 Å². The second-order valence-corrected chi connectivity index (χ2v) is 5.43. The highest BCUT2D eigenvalue weighted by molar-refractivity contribution is 6.00. The Hall–Kier alpha value is -1.10. The van der Waals surface area contributed by atoms with Crippen molar-refractivity contribution in [1.82, 2.24) is 0 Å². The first kappa shape index (κ1) is 16.0. The molecule has 1 N–H and O–H groups in total. The van der Waals surface area contributed by atoms with Gasteiger partial charge in [-0.2, -0.15) is 0 Å². The molecule has 19 heavy (non-hydrogen) atoms. The van der Waals surface area contributed by atoms with E-state index < -0.39 is 17.4 Å². The maximum atomic E-state index is 12.3. The lowest BCUT2D eigenvalue weighted by atomic mass is 9.69. The Morgan fingerprint density at radius 2 is 1.68 bits per heavy atom. The Bertz CT molecular complexity index is 304. The highest BCUT2D eigenvalue weighted by Gasteiger charge is 2.55. The van der Waals surface area contributed by atoms with Gasteiger partial charge in [-0.25, -0.2) is 0 Å². The number of hydrogen-bond acceptors (Lipinski definition) is 5. The Morgan fingerprint density at radius 1 is 1.21 bits per heavy atom. The fraction of sp³-hybridized carbons (Fsp3) is 0.857. The summed E-state index contributed by atoms with van der Waals surface area (Å²) >= 11 is 0. The van der Waals surface area contributed by atoms with Gasteiger partial charge in [-0.15, -0.1) is 0 Å². The van der Waals surface area contributed by atoms with Crippen LogP contribution in [0.4, 0.5) is 0 Å². The van der Waals surface area contributed by atoms with E-state index >= 15 is 0 Å². The van der Waals surface area contributed by atoms with E-state index in [0.717, 1.165) is 25.7 Å². The van der Waals surface area contributed by atoms with Gasteiger partial charge in [-0.1, -0.05) is 19.8 Å². The lowest BCUT2D eigenvalue weighted by molar-refractivity contribution is -0.176. The summed E-state index contributed by atoms with van der Waals surface area (Å²) in [4.78, 5) is 24.5. The van der Waals surface area contributed by atoms with Gasteiger partial charge in [0.05, 0.1) is 14.2 Å². The van der Waals surface area contributed by atoms with E-state index in [0.29, 0.717) is 0 Å². The molecular weight excluding hydrogens is 248 g/mol. The number of carbonyl (C=O) groups excluding carboxylic acids is 2. The molecule has 0 amide bonds. The van der Waals surface area contributed by atoms with Crippen LogP contribution in [0.5, 0.6) is 0 Å². The van der Waals surface area contributed by atoms with Crippen LogP contribution in [0.25, 0.3) is 0 Å². The molecule has 0 aromatic carbocycles. The van der Waals surface area contributed by atoms with Gasteiger partial charge in [0.2, 0.25) is 0 Å². The van der Waals surface area contributed by atoms with E-state index in [1.807, 2.05) is 6.92 Å². The number of ether oxygens (including phenoxy) is 2. The quantitative estimate of drug-likeness (QED) is 0.586. The summed E-state index contributed by atoms with van der Waals surface area (Å²) < 4.78 is 9.75. The van der Waals surface area contributed by atoms with Crippen LogP contribution in [0.3, 0.4) is 0 Å². The van der Waals surface area contributed by atoms with Gasteiger partial charge in [-0.3, -0.25) is 9.59 Å². The number of rotatable bonds is 6. The molecule has 0 saturated heterocycles. The molecule has 0 bridgehead atoms. The molecule has 1 saturated carbocycles. The number of hydrogen-bond donors (Lipinski definition) is 1. The summed E-state index contributed by atoms with van der Waals surface area (Å²) in [5, 5.41) is 9.25. The smallest absolute Gasteiger partial charge is 0.323 e. The van der Waals surface area contributed by atoms with Crippen molar-refractivity contribution in [1.29, 1.82) is 0 Å². The van der Waals surface area contributed by atoms with Crippen molar-refractivity contribution in [2.45, 2.75) is 39.0 Å². The summed E-state index contributed by atoms with van der Waals surface area (Å²) in [5.41, 5.74) is -1.26. The monoisotopic (exact) mass is 272 g/mol. The minimum absolute atomic E-state index is 0.0543. The number of aliphatic hydroxyl groups is 1. The molecule has 0 heterocycles. The van der Waals surface area contributed by atoms with Crippen molar-refractivity contribution in [2.24, 2.45) is 17.3 Å². The summed E-state index contributed by atoms with van der Waals surface area (Å²) in [6.07, 6.45) is 3.93. The van der Waals surface area contributed by atoms with Crippen LogP contribution in [0.15, 0.2) is 0 Å². The summed E-state index contributed by atoms with van der Waals surface area (Å²) in [5.74, 6) is -1.28. The first-order valence-electron chi connectivity index (χ1n) is 6.80. The third kappa shape index (κ3) is 3.08. The summed E-state index contributed by atoms with van der Waals surface area (Å²) in [6.45, 7) is 1.75. The molecule has 0 aromatic heterocycles. The Balaban J connectivity index is 3.14. The van der Waals surface area contributed by atoms with Crippen molar-refractivity contribution < 1.29 is 24.2 Å². The van der Waals surface area contributed by atoms with Crippen LogP contribution >= 0.6 is 0 Å². The summed E-state index contributed by atoms with van der Waals surface area (Å²) in [7, 11) is 2.58. The normalized spacial score (nSPS) is 18.1. The van der Waals surface area contributed by atoms with Gasteiger partial charge in [0.25, 0.3) is 0 Å². The van der Waals surface area contributed by atoms with Crippen molar-refractivity contribution >= 4 is 11.9 Å². The highest BCUT2D eigenvalue weighted by Crippen LogP contribution is 2.46. The van der Waals surface area contributed by atoms with Gasteiger partial charge in [0.15, 0.2) is 5.41 Å². The van der Waals surface area contributed by atoms with E-state index in [1.165, 1.54) is 14.2 Å². The minimum Gasteiger partial charge on any atom is -0.468 e. The molecule has 0 radical (unpaired) electrons. The van der Waals surface area contributed by atoms with E-state index in [1.54, 1.807) is 0 Å². The molecule has 0 aromatic rings. The zero-order valence-corrected chi connectivity index (χ0v) is 12.0. The molecule has 1 fully saturated rings. The van der Waals surface area contributed by atoms with Crippen LogP contribution in [0.1, 0.15) is 39.0 Å². The van der Waals surface area contributed by atoms with Crippen LogP contribution in [-0.2, 0) is 19.1 Å². The fourth-order valence-corrected chi connectivity index (χ4v) is 3.15. The van der Waals surface area contributed by atoms with Crippen LogP contribution in [0, 0.1) is 17.3 Å². The number of aliphatic hydroxyl groups excluding tert-OH is 1. The highest BCUT2D eigenvalue weighted by atomic mass is 16.5. The third-order valence-corrected chi connectivity index (χ3v) is 4.13. The third-order valence-electron chi connectivity index (χ3n) is 4.13. The molecule has 110 valence electrons. The number of carbonyl (C=O) groups is 2. The maximum absolute atomic E-state index is 12.3. The van der Waals surface area contributed by atoms with Gasteiger partial charge >= 0.3 is 11.9 Å². The van der Waals surface area contributed by atoms with E-state index in [9.17, 15) is 14.7 Å². The second kappa shape index (κ2) is 6.89. The van der Waals surface area contributed by atoms with Crippen LogP contribution in [0.2, 0.25) is 0 Å². The largest absolute Gasteiger partial charge is 0.468 e. The van der Waals surface area contributed by atoms with Gasteiger partial charge in [0.1, 0.15) is 0 Å². The van der Waals surface area contributed by atoms with Crippen molar-refractivity contribution in [2.75, 3.05) is 20.8 Å². The molecule has 1 unspecified atom stereocenters. The zero-order chi connectivity index (χ0) is 14.5. The van der Waals surface area contributed by atoms with E-state index in [2.05, 4.69) is 0 Å². The molecule has 1 rings (SSSR count). The van der Waals surface area contributed by atoms with E-state index in [-0.39, 0.29) is 24.9 Å². The van der Waals surface area contributed by atoms with Crippen molar-refractivity contribution in [3.8, 4) is 0 Å². The molecule has 1 aliphatic carbocycles. The predicted molar refractivity (Wildman–Crippen MR) is 69.3 cm³/mol. The topological polar surface area (TPSA) is 72.8 Å². The molecule has 1 aliphatic rings. The summed E-state index contributed by atoms with van der Waals surface area (Å²) in [6, 6.07) is 0. The molecule has 1 atom stereocenters. The van der Waals surface area contributed by atoms with Crippen LogP contribution < -0.4 is 0 Å². The number of esters is 2. The Morgan fingerprint density at radius 3 is 2.05 bits per heavy atom. The van der Waals surface area contributed by atoms with Crippen molar-refractivity contribution in [3.05, 3.63) is 0 Å². The number of methoxy groups -OCH3 is 2. The second-order valence-electron chi connectivity index (χ2n) is 5.43. The first-order valence-corrected chi connectivity index (χ1v) is 6.80. The molecule has 0 spiro atoms. The molecule has 5 heteroatoms. The lowest BCUT2D eigenvalue weighted by Crippen LogP contribution is -2.48. The van der Waals surface area contributed by atoms with Gasteiger partial charge < -0.3 is 14.6 Å². The van der Waals surface area contributed by atoms with Crippen LogP contribution in [-0.4, -0.2) is 37.9 Å². The average Bonchev–Trinajstić information content (AvgIpc) is 2.97. The molecular formula is C14H24O5. The maximum Gasteiger partial charge on any atom is 0.323 e.